The maximum absolute atomic E-state index is 12.6. The number of carbonyl (C=O) groups excluding carboxylic acids is 1. The van der Waals surface area contributed by atoms with E-state index < -0.39 is 0 Å². The van der Waals surface area contributed by atoms with Crippen molar-refractivity contribution in [3.63, 3.8) is 0 Å². The molecule has 0 radical (unpaired) electrons. The Labute approximate surface area is 126 Å². The lowest BCUT2D eigenvalue weighted by Crippen LogP contribution is -2.48. The molecule has 0 N–H and O–H groups in total. The minimum absolute atomic E-state index is 0.0980. The monoisotopic (exact) mass is 294 g/mol. The summed E-state index contributed by atoms with van der Waals surface area (Å²) in [6.45, 7) is 6.32. The molecular weight excluding hydrogens is 272 g/mol. The standard InChI is InChI=1S/C16H23ClN2O/c1-4-13(5-2)19-15(9-6-11(3)16(19)20)14-8-7-12(17)10-18-14/h7-8,10-11,13,15H,4-6,9H2,1-3H3. The van der Waals surface area contributed by atoms with Crippen LogP contribution in [0.3, 0.4) is 0 Å². The summed E-state index contributed by atoms with van der Waals surface area (Å²) in [5, 5.41) is 0.637. The molecule has 1 amide bonds. The Bertz CT molecular complexity index is 456. The number of halogens is 1. The predicted octanol–water partition coefficient (Wildman–Crippen LogP) is 4.22. The van der Waals surface area contributed by atoms with Crippen LogP contribution in [-0.4, -0.2) is 21.8 Å². The Morgan fingerprint density at radius 2 is 2.05 bits per heavy atom. The average molecular weight is 295 g/mol. The van der Waals surface area contributed by atoms with Gasteiger partial charge in [-0.1, -0.05) is 32.4 Å². The zero-order valence-corrected chi connectivity index (χ0v) is 13.2. The van der Waals surface area contributed by atoms with Crippen molar-refractivity contribution in [3.05, 3.63) is 29.0 Å². The first-order chi connectivity index (χ1) is 9.58. The van der Waals surface area contributed by atoms with E-state index in [0.717, 1.165) is 31.4 Å². The minimum atomic E-state index is 0.0980. The lowest BCUT2D eigenvalue weighted by Gasteiger charge is -2.42. The van der Waals surface area contributed by atoms with Crippen LogP contribution < -0.4 is 0 Å². The van der Waals surface area contributed by atoms with Crippen molar-refractivity contribution < 1.29 is 4.79 Å². The maximum atomic E-state index is 12.6. The molecule has 1 fully saturated rings. The van der Waals surface area contributed by atoms with Gasteiger partial charge in [0.1, 0.15) is 0 Å². The normalized spacial score (nSPS) is 23.4. The molecule has 1 aliphatic heterocycles. The maximum Gasteiger partial charge on any atom is 0.226 e. The molecule has 3 nitrogen and oxygen atoms in total. The molecule has 1 aromatic rings. The topological polar surface area (TPSA) is 33.2 Å². The Morgan fingerprint density at radius 3 is 2.60 bits per heavy atom. The number of pyridine rings is 1. The van der Waals surface area contributed by atoms with Gasteiger partial charge in [-0.15, -0.1) is 0 Å². The number of piperidine rings is 1. The largest absolute Gasteiger partial charge is 0.331 e. The van der Waals surface area contributed by atoms with Crippen molar-refractivity contribution in [2.45, 2.75) is 58.5 Å². The van der Waals surface area contributed by atoms with E-state index in [1.54, 1.807) is 6.20 Å². The number of hydrogen-bond donors (Lipinski definition) is 0. The molecule has 2 unspecified atom stereocenters. The molecule has 20 heavy (non-hydrogen) atoms. The Balaban J connectivity index is 2.33. The van der Waals surface area contributed by atoms with Crippen molar-refractivity contribution in [1.29, 1.82) is 0 Å². The summed E-state index contributed by atoms with van der Waals surface area (Å²) < 4.78 is 0. The van der Waals surface area contributed by atoms with Gasteiger partial charge in [0.05, 0.1) is 16.8 Å². The third-order valence-electron chi connectivity index (χ3n) is 4.31. The highest BCUT2D eigenvalue weighted by molar-refractivity contribution is 6.30. The van der Waals surface area contributed by atoms with E-state index in [4.69, 9.17) is 11.6 Å². The van der Waals surface area contributed by atoms with Gasteiger partial charge in [-0.25, -0.2) is 0 Å². The fraction of sp³-hybridized carbons (Fsp3) is 0.625. The van der Waals surface area contributed by atoms with Crippen LogP contribution in [0.2, 0.25) is 5.02 Å². The first-order valence-corrected chi connectivity index (χ1v) is 7.89. The molecule has 0 aliphatic carbocycles. The molecule has 2 rings (SSSR count). The molecule has 0 bridgehead atoms. The second kappa shape index (κ2) is 6.57. The van der Waals surface area contributed by atoms with Crippen LogP contribution in [0, 0.1) is 5.92 Å². The fourth-order valence-electron chi connectivity index (χ4n) is 3.07. The SMILES string of the molecule is CCC(CC)N1C(=O)C(C)CCC1c1ccc(Cl)cn1. The van der Waals surface area contributed by atoms with Gasteiger partial charge in [-0.05, 0) is 37.8 Å². The van der Waals surface area contributed by atoms with Crippen molar-refractivity contribution in [1.82, 2.24) is 9.88 Å². The highest BCUT2D eigenvalue weighted by Crippen LogP contribution is 2.36. The van der Waals surface area contributed by atoms with Crippen LogP contribution in [0.4, 0.5) is 0 Å². The van der Waals surface area contributed by atoms with Gasteiger partial charge in [-0.3, -0.25) is 9.78 Å². The lowest BCUT2D eigenvalue weighted by molar-refractivity contribution is -0.145. The third kappa shape index (κ3) is 2.98. The van der Waals surface area contributed by atoms with Crippen LogP contribution in [-0.2, 0) is 4.79 Å². The van der Waals surface area contributed by atoms with E-state index in [-0.39, 0.29) is 17.9 Å². The van der Waals surface area contributed by atoms with Crippen molar-refractivity contribution >= 4 is 17.5 Å². The highest BCUT2D eigenvalue weighted by Gasteiger charge is 2.37. The van der Waals surface area contributed by atoms with Crippen LogP contribution in [0.25, 0.3) is 0 Å². The van der Waals surface area contributed by atoms with Crippen LogP contribution in [0.15, 0.2) is 18.3 Å². The molecule has 0 saturated carbocycles. The van der Waals surface area contributed by atoms with Gasteiger partial charge in [0.2, 0.25) is 5.91 Å². The zero-order chi connectivity index (χ0) is 14.7. The zero-order valence-electron chi connectivity index (χ0n) is 12.5. The van der Waals surface area contributed by atoms with Crippen molar-refractivity contribution in [2.75, 3.05) is 0 Å². The Kier molecular flexibility index (Phi) is 5.03. The fourth-order valence-corrected chi connectivity index (χ4v) is 3.18. The van der Waals surface area contributed by atoms with Crippen LogP contribution >= 0.6 is 11.6 Å². The highest BCUT2D eigenvalue weighted by atomic mass is 35.5. The summed E-state index contributed by atoms with van der Waals surface area (Å²) in [7, 11) is 0. The first kappa shape index (κ1) is 15.3. The second-order valence-corrected chi connectivity index (χ2v) is 6.05. The number of hydrogen-bond acceptors (Lipinski definition) is 2. The van der Waals surface area contributed by atoms with Gasteiger partial charge in [0.15, 0.2) is 0 Å². The minimum Gasteiger partial charge on any atom is -0.331 e. The summed E-state index contributed by atoms with van der Waals surface area (Å²) in [6, 6.07) is 4.21. The lowest BCUT2D eigenvalue weighted by atomic mass is 9.89. The van der Waals surface area contributed by atoms with Gasteiger partial charge >= 0.3 is 0 Å². The summed E-state index contributed by atoms with van der Waals surface area (Å²) in [6.07, 6.45) is 5.56. The summed E-state index contributed by atoms with van der Waals surface area (Å²) in [5.41, 5.74) is 0.960. The second-order valence-electron chi connectivity index (χ2n) is 5.61. The van der Waals surface area contributed by atoms with E-state index in [1.165, 1.54) is 0 Å². The number of likely N-dealkylation sites (tertiary alicyclic amines) is 1. The van der Waals surface area contributed by atoms with E-state index in [2.05, 4.69) is 23.7 Å². The Hall–Kier alpha value is -1.09. The Morgan fingerprint density at radius 1 is 1.35 bits per heavy atom. The molecule has 1 aliphatic rings. The summed E-state index contributed by atoms with van der Waals surface area (Å²) in [4.78, 5) is 19.1. The third-order valence-corrected chi connectivity index (χ3v) is 4.54. The van der Waals surface area contributed by atoms with E-state index in [9.17, 15) is 4.79 Å². The number of nitrogens with zero attached hydrogens (tertiary/aromatic N) is 2. The molecule has 0 spiro atoms. The van der Waals surface area contributed by atoms with Gasteiger partial charge in [0.25, 0.3) is 0 Å². The molecule has 2 atom stereocenters. The molecular formula is C16H23ClN2O. The summed E-state index contributed by atoms with van der Waals surface area (Å²) in [5.74, 6) is 0.394. The quantitative estimate of drug-likeness (QED) is 0.833. The molecule has 2 heterocycles. The number of rotatable bonds is 4. The molecule has 4 heteroatoms. The average Bonchev–Trinajstić information content (AvgIpc) is 2.46. The number of amides is 1. The van der Waals surface area contributed by atoms with E-state index in [1.807, 2.05) is 19.1 Å². The van der Waals surface area contributed by atoms with E-state index in [0.29, 0.717) is 11.1 Å². The van der Waals surface area contributed by atoms with Crippen LogP contribution in [0.5, 0.6) is 0 Å². The molecule has 110 valence electrons. The van der Waals surface area contributed by atoms with Crippen LogP contribution in [0.1, 0.15) is 58.2 Å². The van der Waals surface area contributed by atoms with Crippen molar-refractivity contribution in [2.24, 2.45) is 5.92 Å². The van der Waals surface area contributed by atoms with E-state index >= 15 is 0 Å². The van der Waals surface area contributed by atoms with Gasteiger partial charge < -0.3 is 4.90 Å². The smallest absolute Gasteiger partial charge is 0.226 e. The molecule has 1 aromatic heterocycles. The number of carbonyl (C=O) groups is 1. The van der Waals surface area contributed by atoms with Gasteiger partial charge in [0, 0.05) is 18.2 Å². The molecule has 1 saturated heterocycles. The summed E-state index contributed by atoms with van der Waals surface area (Å²) >= 11 is 5.91. The number of aromatic nitrogens is 1. The molecule has 0 aromatic carbocycles. The van der Waals surface area contributed by atoms with Gasteiger partial charge in [-0.2, -0.15) is 0 Å². The van der Waals surface area contributed by atoms with Crippen molar-refractivity contribution in [3.8, 4) is 0 Å². The predicted molar refractivity (Wildman–Crippen MR) is 81.6 cm³/mol. The first-order valence-electron chi connectivity index (χ1n) is 7.52.